The highest BCUT2D eigenvalue weighted by atomic mass is 16.7. The van der Waals surface area contributed by atoms with Crippen LogP contribution in [0, 0.1) is 0 Å². The molecule has 0 fully saturated rings. The summed E-state index contributed by atoms with van der Waals surface area (Å²) < 4.78 is 10.9. The molecule has 1 aromatic heterocycles. The molecule has 1 aliphatic heterocycles. The van der Waals surface area contributed by atoms with Crippen molar-refractivity contribution in [2.75, 3.05) is 12.1 Å². The van der Waals surface area contributed by atoms with Crippen LogP contribution in [0.3, 0.4) is 0 Å². The van der Waals surface area contributed by atoms with Crippen LogP contribution in [0.15, 0.2) is 72.8 Å². The van der Waals surface area contributed by atoms with Crippen LogP contribution in [0.25, 0.3) is 22.2 Å². The Balaban J connectivity index is 1.54. The van der Waals surface area contributed by atoms with E-state index in [1.165, 1.54) is 6.92 Å². The molecular weight excluding hydrogens is 392 g/mol. The third-order valence-corrected chi connectivity index (χ3v) is 5.18. The van der Waals surface area contributed by atoms with E-state index in [0.29, 0.717) is 34.0 Å². The summed E-state index contributed by atoms with van der Waals surface area (Å²) in [4.78, 5) is 29.4. The number of ether oxygens (including phenoxy) is 2. The fourth-order valence-corrected chi connectivity index (χ4v) is 3.55. The molecule has 0 spiro atoms. The molecule has 0 saturated heterocycles. The summed E-state index contributed by atoms with van der Waals surface area (Å²) in [7, 11) is 0. The van der Waals surface area contributed by atoms with Crippen LogP contribution >= 0.6 is 0 Å². The molecule has 152 valence electrons. The van der Waals surface area contributed by atoms with Crippen molar-refractivity contribution in [3.63, 3.8) is 0 Å². The molecule has 0 aliphatic carbocycles. The number of para-hydroxylation sites is 1. The molecule has 6 heteroatoms. The lowest BCUT2D eigenvalue weighted by Crippen LogP contribution is -2.13. The van der Waals surface area contributed by atoms with E-state index >= 15 is 0 Å². The summed E-state index contributed by atoms with van der Waals surface area (Å²) >= 11 is 0. The Morgan fingerprint density at radius 1 is 0.903 bits per heavy atom. The minimum Gasteiger partial charge on any atom is -0.454 e. The lowest BCUT2D eigenvalue weighted by molar-refractivity contribution is 0.101. The van der Waals surface area contributed by atoms with Crippen molar-refractivity contribution < 1.29 is 19.1 Å². The molecule has 1 aliphatic rings. The number of anilines is 1. The first-order valence-corrected chi connectivity index (χ1v) is 9.81. The van der Waals surface area contributed by atoms with Gasteiger partial charge in [-0.2, -0.15) is 0 Å². The number of hydrogen-bond donors (Lipinski definition) is 1. The number of hydrogen-bond acceptors (Lipinski definition) is 5. The van der Waals surface area contributed by atoms with Crippen molar-refractivity contribution in [2.24, 2.45) is 0 Å². The minimum atomic E-state index is -0.254. The molecule has 1 amide bonds. The quantitative estimate of drug-likeness (QED) is 0.475. The number of aromatic nitrogens is 1. The smallest absolute Gasteiger partial charge is 0.256 e. The van der Waals surface area contributed by atoms with Crippen LogP contribution < -0.4 is 14.8 Å². The minimum absolute atomic E-state index is 0.0219. The van der Waals surface area contributed by atoms with Crippen molar-refractivity contribution in [2.45, 2.75) is 6.92 Å². The number of benzene rings is 3. The number of carbonyl (C=O) groups is 2. The number of pyridine rings is 1. The van der Waals surface area contributed by atoms with Crippen LogP contribution in [0.4, 0.5) is 5.69 Å². The van der Waals surface area contributed by atoms with Gasteiger partial charge in [0.2, 0.25) is 6.79 Å². The predicted molar refractivity (Wildman–Crippen MR) is 118 cm³/mol. The van der Waals surface area contributed by atoms with Gasteiger partial charge in [0.05, 0.1) is 16.8 Å². The van der Waals surface area contributed by atoms with Crippen molar-refractivity contribution in [3.8, 4) is 22.8 Å². The van der Waals surface area contributed by atoms with Crippen molar-refractivity contribution in [3.05, 3.63) is 83.9 Å². The van der Waals surface area contributed by atoms with E-state index in [9.17, 15) is 9.59 Å². The second-order valence-corrected chi connectivity index (χ2v) is 7.23. The van der Waals surface area contributed by atoms with Gasteiger partial charge in [0.1, 0.15) is 0 Å². The van der Waals surface area contributed by atoms with Gasteiger partial charge in [-0.3, -0.25) is 9.59 Å². The van der Waals surface area contributed by atoms with Gasteiger partial charge in [-0.1, -0.05) is 18.2 Å². The molecular formula is C25H18N2O4. The molecule has 0 unspecified atom stereocenters. The third kappa shape index (κ3) is 3.59. The maximum Gasteiger partial charge on any atom is 0.256 e. The zero-order valence-corrected chi connectivity index (χ0v) is 16.7. The van der Waals surface area contributed by atoms with Crippen molar-refractivity contribution in [1.29, 1.82) is 0 Å². The average molecular weight is 410 g/mol. The number of carbonyl (C=O) groups excluding carboxylic acids is 2. The van der Waals surface area contributed by atoms with Crippen LogP contribution in [-0.2, 0) is 0 Å². The number of Topliss-reactive ketones (excluding diaryl/α,β-unsaturated/α-hetero) is 1. The van der Waals surface area contributed by atoms with Crippen molar-refractivity contribution in [1.82, 2.24) is 4.98 Å². The lowest BCUT2D eigenvalue weighted by Gasteiger charge is -2.11. The van der Waals surface area contributed by atoms with Crippen molar-refractivity contribution >= 4 is 28.3 Å². The number of nitrogens with zero attached hydrogens (tertiary/aromatic N) is 1. The first kappa shape index (κ1) is 18.8. The third-order valence-electron chi connectivity index (χ3n) is 5.18. The zero-order valence-electron chi connectivity index (χ0n) is 16.7. The van der Waals surface area contributed by atoms with Gasteiger partial charge in [0.15, 0.2) is 17.3 Å². The molecule has 1 N–H and O–H groups in total. The van der Waals surface area contributed by atoms with E-state index in [4.69, 9.17) is 14.5 Å². The molecule has 0 radical (unpaired) electrons. The van der Waals surface area contributed by atoms with Crippen LogP contribution in [-0.4, -0.2) is 23.5 Å². The second kappa shape index (κ2) is 7.57. The Bertz CT molecular complexity index is 1330. The van der Waals surface area contributed by atoms with Gasteiger partial charge in [0, 0.05) is 22.2 Å². The molecule has 3 aromatic carbocycles. The summed E-state index contributed by atoms with van der Waals surface area (Å²) in [5, 5.41) is 3.67. The SMILES string of the molecule is CC(=O)c1ccc(NC(=O)c2cc(-c3ccc4c(c3)OCO4)nc3ccccc23)cc1. The average Bonchev–Trinajstić information content (AvgIpc) is 3.26. The monoisotopic (exact) mass is 410 g/mol. The molecule has 0 saturated carbocycles. The lowest BCUT2D eigenvalue weighted by atomic mass is 10.0. The van der Waals surface area contributed by atoms with Gasteiger partial charge in [-0.25, -0.2) is 4.98 Å². The summed E-state index contributed by atoms with van der Waals surface area (Å²) in [5.74, 6) is 1.07. The first-order chi connectivity index (χ1) is 15.1. The Morgan fingerprint density at radius 3 is 2.48 bits per heavy atom. The highest BCUT2D eigenvalue weighted by Crippen LogP contribution is 2.36. The summed E-state index contributed by atoms with van der Waals surface area (Å²) in [6, 6.07) is 21.7. The van der Waals surface area contributed by atoms with E-state index < -0.39 is 0 Å². The predicted octanol–water partition coefficient (Wildman–Crippen LogP) is 5.09. The largest absolute Gasteiger partial charge is 0.454 e. The summed E-state index contributed by atoms with van der Waals surface area (Å²) in [6.07, 6.45) is 0. The Morgan fingerprint density at radius 2 is 1.68 bits per heavy atom. The zero-order chi connectivity index (χ0) is 21.4. The molecule has 31 heavy (non-hydrogen) atoms. The highest BCUT2D eigenvalue weighted by Gasteiger charge is 2.17. The molecule has 6 nitrogen and oxygen atoms in total. The van der Waals surface area contributed by atoms with Gasteiger partial charge in [0.25, 0.3) is 5.91 Å². The molecule has 0 bridgehead atoms. The number of nitrogens with one attached hydrogen (secondary N) is 1. The van der Waals surface area contributed by atoms with Gasteiger partial charge in [-0.15, -0.1) is 0 Å². The molecule has 4 aromatic rings. The Hall–Kier alpha value is -4.19. The van der Waals surface area contributed by atoms with Crippen LogP contribution in [0.1, 0.15) is 27.6 Å². The van der Waals surface area contributed by atoms with E-state index in [-0.39, 0.29) is 18.5 Å². The maximum atomic E-state index is 13.2. The standard InChI is InChI=1S/C25H18N2O4/c1-15(28)16-6-9-18(10-7-16)26-25(29)20-13-22(27-21-5-3-2-4-19(20)21)17-8-11-23-24(12-17)31-14-30-23/h2-13H,14H2,1H3,(H,26,29). The number of amides is 1. The molecule has 5 rings (SSSR count). The van der Waals surface area contributed by atoms with E-state index in [0.717, 1.165) is 16.5 Å². The van der Waals surface area contributed by atoms with Gasteiger partial charge < -0.3 is 14.8 Å². The van der Waals surface area contributed by atoms with Gasteiger partial charge in [-0.05, 0) is 61.5 Å². The Kier molecular flexibility index (Phi) is 4.59. The second-order valence-electron chi connectivity index (χ2n) is 7.23. The number of fused-ring (bicyclic) bond motifs is 2. The molecule has 2 heterocycles. The van der Waals surface area contributed by atoms with E-state index in [1.807, 2.05) is 42.5 Å². The molecule has 0 atom stereocenters. The normalized spacial score (nSPS) is 12.0. The van der Waals surface area contributed by atoms with Crippen LogP contribution in [0.5, 0.6) is 11.5 Å². The number of ketones is 1. The highest BCUT2D eigenvalue weighted by molar-refractivity contribution is 6.13. The van der Waals surface area contributed by atoms with E-state index in [1.54, 1.807) is 30.3 Å². The first-order valence-electron chi connectivity index (χ1n) is 9.81. The Labute approximate surface area is 178 Å². The number of rotatable bonds is 4. The fraction of sp³-hybridized carbons (Fsp3) is 0.0800. The van der Waals surface area contributed by atoms with Crippen LogP contribution in [0.2, 0.25) is 0 Å². The summed E-state index contributed by atoms with van der Waals surface area (Å²) in [6.45, 7) is 1.70. The van der Waals surface area contributed by atoms with E-state index in [2.05, 4.69) is 5.32 Å². The summed E-state index contributed by atoms with van der Waals surface area (Å²) in [5.41, 5.74) is 3.92. The topological polar surface area (TPSA) is 77.5 Å². The van der Waals surface area contributed by atoms with Gasteiger partial charge >= 0.3 is 0 Å². The fourth-order valence-electron chi connectivity index (χ4n) is 3.55. The maximum absolute atomic E-state index is 13.2.